The molecule has 0 unspecified atom stereocenters. The summed E-state index contributed by atoms with van der Waals surface area (Å²) in [6.45, 7) is 2.01. The van der Waals surface area contributed by atoms with Crippen LogP contribution in [0.4, 0.5) is 10.5 Å². The summed E-state index contributed by atoms with van der Waals surface area (Å²) in [5.41, 5.74) is 1.41. The number of phenolic OH excluding ortho intramolecular Hbond substituents is 1. The van der Waals surface area contributed by atoms with Crippen molar-refractivity contribution < 1.29 is 24.0 Å². The number of esters is 1. The summed E-state index contributed by atoms with van der Waals surface area (Å²) >= 11 is 0. The van der Waals surface area contributed by atoms with Crippen molar-refractivity contribution in [2.24, 2.45) is 4.99 Å². The van der Waals surface area contributed by atoms with E-state index in [0.717, 1.165) is 0 Å². The molecule has 27 heavy (non-hydrogen) atoms. The Morgan fingerprint density at radius 2 is 1.89 bits per heavy atom. The fourth-order valence-corrected chi connectivity index (χ4v) is 2.14. The molecule has 138 valence electrons. The summed E-state index contributed by atoms with van der Waals surface area (Å²) in [6.07, 6.45) is 1.29. The molecule has 0 saturated carbocycles. The van der Waals surface area contributed by atoms with E-state index in [0.29, 0.717) is 16.9 Å². The van der Waals surface area contributed by atoms with Crippen molar-refractivity contribution >= 4 is 17.7 Å². The van der Waals surface area contributed by atoms with E-state index in [1.165, 1.54) is 23.2 Å². The van der Waals surface area contributed by atoms with Gasteiger partial charge in [-0.25, -0.2) is 9.59 Å². The van der Waals surface area contributed by atoms with E-state index in [9.17, 15) is 14.7 Å². The number of aromatic nitrogens is 2. The third-order valence-electron chi connectivity index (χ3n) is 3.38. The van der Waals surface area contributed by atoms with Crippen LogP contribution in [0, 0.1) is 0 Å². The van der Waals surface area contributed by atoms with Gasteiger partial charge in [-0.2, -0.15) is 4.99 Å². The van der Waals surface area contributed by atoms with Crippen molar-refractivity contribution in [3.05, 3.63) is 65.8 Å². The number of hydrogen-bond acceptors (Lipinski definition) is 6. The Bertz CT molecular complexity index is 1000. The molecule has 3 aromatic rings. The molecular formula is C18H16N4O5. The van der Waals surface area contributed by atoms with Crippen molar-refractivity contribution in [1.82, 2.24) is 9.95 Å². The summed E-state index contributed by atoms with van der Waals surface area (Å²) < 4.78 is 10.2. The molecule has 0 saturated heterocycles. The standard InChI is InChI=1S/C18H16N4O5/c1-2-26-17(24)12-3-5-13(6-4-12)20-18(25)21-16-11-19-22(27-16)14-7-9-15(23)10-8-14/h3-11,23H,2H2,1H3,(H,20,25). The second-order valence-corrected chi connectivity index (χ2v) is 5.30. The number of nitrogens with zero attached hydrogens (tertiary/aromatic N) is 3. The molecule has 9 nitrogen and oxygen atoms in total. The van der Waals surface area contributed by atoms with Crippen LogP contribution in [0.3, 0.4) is 0 Å². The Labute approximate surface area is 153 Å². The second-order valence-electron chi connectivity index (χ2n) is 5.30. The maximum atomic E-state index is 12.0. The van der Waals surface area contributed by atoms with E-state index in [1.807, 2.05) is 0 Å². The maximum Gasteiger partial charge on any atom is 0.348 e. The predicted molar refractivity (Wildman–Crippen MR) is 94.5 cm³/mol. The number of benzene rings is 2. The van der Waals surface area contributed by atoms with Crippen molar-refractivity contribution in [3.8, 4) is 11.4 Å². The average Bonchev–Trinajstić information content (AvgIpc) is 3.11. The molecular weight excluding hydrogens is 352 g/mol. The zero-order valence-corrected chi connectivity index (χ0v) is 14.3. The highest BCUT2D eigenvalue weighted by Gasteiger charge is 2.07. The fraction of sp³-hybridized carbons (Fsp3) is 0.111. The van der Waals surface area contributed by atoms with Gasteiger partial charge in [0.2, 0.25) is 0 Å². The van der Waals surface area contributed by atoms with Crippen LogP contribution in [-0.4, -0.2) is 33.7 Å². The quantitative estimate of drug-likeness (QED) is 0.683. The van der Waals surface area contributed by atoms with Crippen LogP contribution in [0.2, 0.25) is 0 Å². The number of rotatable bonds is 4. The van der Waals surface area contributed by atoms with E-state index in [-0.39, 0.29) is 17.9 Å². The first-order valence-corrected chi connectivity index (χ1v) is 8.03. The van der Waals surface area contributed by atoms with Crippen LogP contribution in [0.15, 0.2) is 64.2 Å². The monoisotopic (exact) mass is 368 g/mol. The zero-order valence-electron chi connectivity index (χ0n) is 14.3. The average molecular weight is 368 g/mol. The summed E-state index contributed by atoms with van der Waals surface area (Å²) in [6, 6.07) is 11.7. The molecule has 0 atom stereocenters. The van der Waals surface area contributed by atoms with Gasteiger partial charge in [-0.1, -0.05) is 4.85 Å². The minimum Gasteiger partial charge on any atom is -0.508 e. The molecule has 0 spiro atoms. The Morgan fingerprint density at radius 3 is 2.56 bits per heavy atom. The lowest BCUT2D eigenvalue weighted by Gasteiger charge is -2.04. The Morgan fingerprint density at radius 1 is 1.19 bits per heavy atom. The van der Waals surface area contributed by atoms with Gasteiger partial charge in [-0.15, -0.1) is 5.10 Å². The largest absolute Gasteiger partial charge is 0.508 e. The van der Waals surface area contributed by atoms with Gasteiger partial charge in [-0.05, 0) is 55.5 Å². The number of carbonyl (C=O) groups is 2. The molecule has 9 heteroatoms. The van der Waals surface area contributed by atoms with Gasteiger partial charge in [0.1, 0.15) is 17.6 Å². The SMILES string of the molecule is CCOC(=O)c1ccc(NC(=O)N=c2cnn(-c3ccc(O)cc3)o2)cc1. The van der Waals surface area contributed by atoms with E-state index < -0.39 is 12.0 Å². The molecule has 2 amide bonds. The van der Waals surface area contributed by atoms with Crippen LogP contribution in [0.5, 0.6) is 5.75 Å². The fourth-order valence-electron chi connectivity index (χ4n) is 2.14. The number of ether oxygens (including phenoxy) is 1. The third-order valence-corrected chi connectivity index (χ3v) is 3.38. The van der Waals surface area contributed by atoms with E-state index >= 15 is 0 Å². The van der Waals surface area contributed by atoms with Gasteiger partial charge in [-0.3, -0.25) is 0 Å². The number of phenols is 1. The van der Waals surface area contributed by atoms with Gasteiger partial charge in [0.05, 0.1) is 12.2 Å². The number of carbonyl (C=O) groups excluding carboxylic acids is 2. The molecule has 0 aliphatic heterocycles. The van der Waals surface area contributed by atoms with Crippen LogP contribution in [-0.2, 0) is 4.74 Å². The number of hydrogen-bond donors (Lipinski definition) is 2. The first-order chi connectivity index (χ1) is 13.0. The highest BCUT2D eigenvalue weighted by atomic mass is 16.5. The smallest absolute Gasteiger partial charge is 0.348 e. The number of anilines is 1. The molecule has 0 aliphatic carbocycles. The Hall–Kier alpha value is -3.88. The van der Waals surface area contributed by atoms with Crippen molar-refractivity contribution in [1.29, 1.82) is 0 Å². The van der Waals surface area contributed by atoms with Gasteiger partial charge in [0.25, 0.3) is 5.55 Å². The predicted octanol–water partition coefficient (Wildman–Crippen LogP) is 2.48. The Kier molecular flexibility index (Phi) is 5.31. The second kappa shape index (κ2) is 8.00. The van der Waals surface area contributed by atoms with Crippen LogP contribution in [0.25, 0.3) is 5.69 Å². The highest BCUT2D eigenvalue weighted by molar-refractivity contribution is 5.92. The van der Waals surface area contributed by atoms with Gasteiger partial charge in [0.15, 0.2) is 0 Å². The zero-order chi connectivity index (χ0) is 19.2. The minimum absolute atomic E-state index is 0.00344. The molecule has 0 bridgehead atoms. The van der Waals surface area contributed by atoms with E-state index in [1.54, 1.807) is 43.3 Å². The molecule has 0 fully saturated rings. The van der Waals surface area contributed by atoms with Crippen LogP contribution >= 0.6 is 0 Å². The maximum absolute atomic E-state index is 12.0. The minimum atomic E-state index is -0.659. The first kappa shape index (κ1) is 17.9. The lowest BCUT2D eigenvalue weighted by molar-refractivity contribution is 0.0526. The number of aromatic hydroxyl groups is 1. The van der Waals surface area contributed by atoms with Crippen molar-refractivity contribution in [3.63, 3.8) is 0 Å². The lowest BCUT2D eigenvalue weighted by Crippen LogP contribution is -2.11. The van der Waals surface area contributed by atoms with Gasteiger partial charge in [0, 0.05) is 5.69 Å². The van der Waals surface area contributed by atoms with Crippen molar-refractivity contribution in [2.45, 2.75) is 6.92 Å². The molecule has 0 aliphatic rings. The summed E-state index contributed by atoms with van der Waals surface area (Å²) in [7, 11) is 0. The van der Waals surface area contributed by atoms with Crippen molar-refractivity contribution in [2.75, 3.05) is 11.9 Å². The van der Waals surface area contributed by atoms with E-state index in [4.69, 9.17) is 9.26 Å². The number of nitrogens with one attached hydrogen (secondary N) is 1. The summed E-state index contributed by atoms with van der Waals surface area (Å²) in [4.78, 5) is 28.5. The van der Waals surface area contributed by atoms with Crippen LogP contribution in [0.1, 0.15) is 17.3 Å². The topological polar surface area (TPSA) is 119 Å². The van der Waals surface area contributed by atoms with Gasteiger partial charge >= 0.3 is 12.0 Å². The highest BCUT2D eigenvalue weighted by Crippen LogP contribution is 2.12. The molecule has 0 radical (unpaired) electrons. The first-order valence-electron chi connectivity index (χ1n) is 8.03. The third kappa shape index (κ3) is 4.60. The number of urea groups is 1. The molecule has 1 heterocycles. The summed E-state index contributed by atoms with van der Waals surface area (Å²) in [5.74, 6) is -0.315. The van der Waals surface area contributed by atoms with Crippen LogP contribution < -0.4 is 10.9 Å². The number of amides is 2. The van der Waals surface area contributed by atoms with E-state index in [2.05, 4.69) is 15.4 Å². The molecule has 3 rings (SSSR count). The van der Waals surface area contributed by atoms with Gasteiger partial charge < -0.3 is 19.7 Å². The molecule has 1 aromatic heterocycles. The molecule has 2 aromatic carbocycles. The lowest BCUT2D eigenvalue weighted by atomic mass is 10.2. The molecule has 2 N–H and O–H groups in total. The Balaban J connectivity index is 1.68. The summed E-state index contributed by atoms with van der Waals surface area (Å²) in [5, 5.41) is 15.8. The normalized spacial score (nSPS) is 11.2.